The van der Waals surface area contributed by atoms with Crippen molar-refractivity contribution in [1.29, 1.82) is 0 Å². The normalized spacial score (nSPS) is 16.9. The Labute approximate surface area is 111 Å². The molecule has 0 atom stereocenters. The fourth-order valence-electron chi connectivity index (χ4n) is 2.26. The van der Waals surface area contributed by atoms with E-state index in [1.165, 1.54) is 0 Å². The topological polar surface area (TPSA) is 68.1 Å². The zero-order chi connectivity index (χ0) is 13.1. The van der Waals surface area contributed by atoms with Crippen LogP contribution in [0.25, 0.3) is 11.0 Å². The van der Waals surface area contributed by atoms with E-state index in [0.29, 0.717) is 0 Å². The molecule has 0 unspecified atom stereocenters. The van der Waals surface area contributed by atoms with Crippen LogP contribution in [0.3, 0.4) is 0 Å². The van der Waals surface area contributed by atoms with Gasteiger partial charge in [-0.2, -0.15) is 5.10 Å². The average Bonchev–Trinajstić information content (AvgIpc) is 2.83. The van der Waals surface area contributed by atoms with Crippen LogP contribution in [0.15, 0.2) is 12.5 Å². The average molecular weight is 262 g/mol. The SMILES string of the molecule is Cn1ncc2c(NCCN3CCOCC3)ncnc21. The predicted octanol–water partition coefficient (Wildman–Crippen LogP) is 0.107. The lowest BCUT2D eigenvalue weighted by atomic mass is 10.3. The molecule has 0 bridgehead atoms. The van der Waals surface area contributed by atoms with Gasteiger partial charge in [0.1, 0.15) is 12.1 Å². The Hall–Kier alpha value is -1.73. The van der Waals surface area contributed by atoms with Crippen molar-refractivity contribution < 1.29 is 4.74 Å². The van der Waals surface area contributed by atoms with E-state index in [4.69, 9.17) is 4.74 Å². The lowest BCUT2D eigenvalue weighted by Crippen LogP contribution is -2.39. The van der Waals surface area contributed by atoms with Crippen molar-refractivity contribution in [2.75, 3.05) is 44.7 Å². The molecule has 1 aliphatic heterocycles. The van der Waals surface area contributed by atoms with Crippen molar-refractivity contribution in [2.45, 2.75) is 0 Å². The van der Waals surface area contributed by atoms with Crippen LogP contribution in [-0.4, -0.2) is 64.0 Å². The molecule has 1 N–H and O–H groups in total. The highest BCUT2D eigenvalue weighted by molar-refractivity contribution is 5.85. The van der Waals surface area contributed by atoms with Gasteiger partial charge < -0.3 is 10.1 Å². The highest BCUT2D eigenvalue weighted by Gasteiger charge is 2.11. The van der Waals surface area contributed by atoms with Crippen LogP contribution in [0.4, 0.5) is 5.82 Å². The molecule has 2 aromatic rings. The first kappa shape index (κ1) is 12.3. The fraction of sp³-hybridized carbons (Fsp3) is 0.583. The second-order valence-corrected chi connectivity index (χ2v) is 4.61. The number of aryl methyl sites for hydroxylation is 1. The molecule has 1 aliphatic rings. The Morgan fingerprint density at radius 1 is 1.32 bits per heavy atom. The van der Waals surface area contributed by atoms with Gasteiger partial charge in [-0.05, 0) is 0 Å². The molecule has 3 rings (SSSR count). The number of hydrogen-bond acceptors (Lipinski definition) is 6. The second kappa shape index (κ2) is 5.50. The van der Waals surface area contributed by atoms with Crippen LogP contribution in [0.1, 0.15) is 0 Å². The predicted molar refractivity (Wildman–Crippen MR) is 72.1 cm³/mol. The molecule has 1 saturated heterocycles. The summed E-state index contributed by atoms with van der Waals surface area (Å²) in [5.74, 6) is 0.853. The first-order valence-electron chi connectivity index (χ1n) is 6.51. The van der Waals surface area contributed by atoms with Gasteiger partial charge in [0.05, 0.1) is 24.8 Å². The first-order chi connectivity index (χ1) is 9.34. The summed E-state index contributed by atoms with van der Waals surface area (Å²) in [5.41, 5.74) is 0.851. The third-order valence-corrected chi connectivity index (χ3v) is 3.35. The van der Waals surface area contributed by atoms with E-state index in [1.54, 1.807) is 17.2 Å². The molecule has 7 heteroatoms. The molecule has 7 nitrogen and oxygen atoms in total. The van der Waals surface area contributed by atoms with Crippen molar-refractivity contribution in [3.05, 3.63) is 12.5 Å². The summed E-state index contributed by atoms with van der Waals surface area (Å²) >= 11 is 0. The minimum atomic E-state index is 0.834. The quantitative estimate of drug-likeness (QED) is 0.843. The molecule has 102 valence electrons. The monoisotopic (exact) mass is 262 g/mol. The second-order valence-electron chi connectivity index (χ2n) is 4.61. The molecule has 0 saturated carbocycles. The molecule has 1 fully saturated rings. The van der Waals surface area contributed by atoms with Gasteiger partial charge in [-0.15, -0.1) is 0 Å². The Balaban J connectivity index is 1.62. The number of nitrogens with zero attached hydrogens (tertiary/aromatic N) is 5. The van der Waals surface area contributed by atoms with Crippen LogP contribution < -0.4 is 5.32 Å². The van der Waals surface area contributed by atoms with E-state index in [9.17, 15) is 0 Å². The van der Waals surface area contributed by atoms with Crippen molar-refractivity contribution in [1.82, 2.24) is 24.6 Å². The Bertz CT molecular complexity index is 548. The van der Waals surface area contributed by atoms with Crippen LogP contribution in [0.5, 0.6) is 0 Å². The Kier molecular flexibility index (Phi) is 3.56. The van der Waals surface area contributed by atoms with Crippen LogP contribution >= 0.6 is 0 Å². The Morgan fingerprint density at radius 3 is 3.00 bits per heavy atom. The molecule has 0 aromatic carbocycles. The summed E-state index contributed by atoms with van der Waals surface area (Å²) in [7, 11) is 1.88. The number of morpholine rings is 1. The Morgan fingerprint density at radius 2 is 2.16 bits per heavy atom. The molecule has 2 aromatic heterocycles. The van der Waals surface area contributed by atoms with Gasteiger partial charge in [-0.1, -0.05) is 0 Å². The van der Waals surface area contributed by atoms with Crippen molar-refractivity contribution in [2.24, 2.45) is 7.05 Å². The molecule has 19 heavy (non-hydrogen) atoms. The minimum absolute atomic E-state index is 0.834. The number of hydrogen-bond donors (Lipinski definition) is 1. The van der Waals surface area contributed by atoms with E-state index >= 15 is 0 Å². The summed E-state index contributed by atoms with van der Waals surface area (Å²) in [6.07, 6.45) is 3.37. The minimum Gasteiger partial charge on any atom is -0.379 e. The third kappa shape index (κ3) is 2.66. The van der Waals surface area contributed by atoms with Crippen molar-refractivity contribution in [3.63, 3.8) is 0 Å². The van der Waals surface area contributed by atoms with Crippen LogP contribution in [0, 0.1) is 0 Å². The maximum absolute atomic E-state index is 5.33. The van der Waals surface area contributed by atoms with E-state index in [0.717, 1.165) is 56.2 Å². The lowest BCUT2D eigenvalue weighted by Gasteiger charge is -2.26. The van der Waals surface area contributed by atoms with Crippen molar-refractivity contribution in [3.8, 4) is 0 Å². The molecular weight excluding hydrogens is 244 g/mol. The summed E-state index contributed by atoms with van der Waals surface area (Å²) in [4.78, 5) is 10.9. The van der Waals surface area contributed by atoms with Gasteiger partial charge in [-0.3, -0.25) is 9.58 Å². The van der Waals surface area contributed by atoms with Gasteiger partial charge in [0.25, 0.3) is 0 Å². The summed E-state index contributed by atoms with van der Waals surface area (Å²) in [6, 6.07) is 0. The van der Waals surface area contributed by atoms with E-state index < -0.39 is 0 Å². The smallest absolute Gasteiger partial charge is 0.163 e. The summed E-state index contributed by atoms with van der Waals surface area (Å²) in [5, 5.41) is 8.53. The van der Waals surface area contributed by atoms with Gasteiger partial charge in [0.2, 0.25) is 0 Å². The number of rotatable bonds is 4. The molecule has 0 radical (unpaired) electrons. The van der Waals surface area contributed by atoms with Crippen LogP contribution in [0.2, 0.25) is 0 Å². The summed E-state index contributed by atoms with van der Waals surface area (Å²) in [6.45, 7) is 5.54. The molecular formula is C12H18N6O. The number of nitrogens with one attached hydrogen (secondary N) is 1. The molecule has 0 amide bonds. The first-order valence-corrected chi connectivity index (χ1v) is 6.51. The van der Waals surface area contributed by atoms with Gasteiger partial charge in [0.15, 0.2) is 5.65 Å². The maximum atomic E-state index is 5.33. The highest BCUT2D eigenvalue weighted by Crippen LogP contribution is 2.17. The maximum Gasteiger partial charge on any atom is 0.163 e. The van der Waals surface area contributed by atoms with E-state index in [1.807, 2.05) is 7.05 Å². The largest absolute Gasteiger partial charge is 0.379 e. The zero-order valence-electron chi connectivity index (χ0n) is 11.0. The fourth-order valence-corrected chi connectivity index (χ4v) is 2.26. The number of aromatic nitrogens is 4. The molecule has 3 heterocycles. The molecule has 0 aliphatic carbocycles. The van der Waals surface area contributed by atoms with Gasteiger partial charge in [0, 0.05) is 33.2 Å². The zero-order valence-corrected chi connectivity index (χ0v) is 11.0. The molecule has 0 spiro atoms. The van der Waals surface area contributed by atoms with Crippen LogP contribution in [-0.2, 0) is 11.8 Å². The van der Waals surface area contributed by atoms with E-state index in [-0.39, 0.29) is 0 Å². The number of fused-ring (bicyclic) bond motifs is 1. The van der Waals surface area contributed by atoms with Gasteiger partial charge >= 0.3 is 0 Å². The van der Waals surface area contributed by atoms with E-state index in [2.05, 4.69) is 25.3 Å². The standard InChI is InChI=1S/C12H18N6O/c1-17-12-10(8-16-17)11(14-9-15-12)13-2-3-18-4-6-19-7-5-18/h8-9H,2-7H2,1H3,(H,13,14,15). The van der Waals surface area contributed by atoms with Gasteiger partial charge in [-0.25, -0.2) is 9.97 Å². The lowest BCUT2D eigenvalue weighted by molar-refractivity contribution is 0.0398. The number of ether oxygens (including phenoxy) is 1. The summed E-state index contributed by atoms with van der Waals surface area (Å²) < 4.78 is 7.09. The number of anilines is 1. The third-order valence-electron chi connectivity index (χ3n) is 3.35. The van der Waals surface area contributed by atoms with Crippen molar-refractivity contribution >= 4 is 16.9 Å². The highest BCUT2D eigenvalue weighted by atomic mass is 16.5.